The van der Waals surface area contributed by atoms with E-state index in [9.17, 15) is 44.7 Å². The highest BCUT2D eigenvalue weighted by Crippen LogP contribution is 2.57. The minimum absolute atomic E-state index is 0.0250. The summed E-state index contributed by atoms with van der Waals surface area (Å²) in [7, 11) is 6.25. The first-order valence-electron chi connectivity index (χ1n) is 12.2. The minimum Gasteiger partial charge on any atom is -0.508 e. The first-order chi connectivity index (χ1) is 18.1. The SMILES string of the molecule is C[C@@H]1c2c(NC(=O)CN(C)C)ccc(O)c2C(O)=C2C(=O)[C@@]3(O)C(O)=C(C(N)=O)C(=O)[C@@H](N(C)C)[C@@H]3[C@H](O)[C@@H]21. The van der Waals surface area contributed by atoms with Crippen molar-refractivity contribution in [2.45, 2.75) is 30.6 Å². The van der Waals surface area contributed by atoms with Crippen molar-refractivity contribution in [2.75, 3.05) is 40.1 Å². The molecule has 4 rings (SSSR count). The zero-order valence-corrected chi connectivity index (χ0v) is 22.1. The number of fused-ring (bicyclic) bond motifs is 3. The molecule has 0 radical (unpaired) electrons. The Balaban J connectivity index is 1.99. The average Bonchev–Trinajstić information content (AvgIpc) is 2.81. The lowest BCUT2D eigenvalue weighted by atomic mass is 9.54. The second-order valence-corrected chi connectivity index (χ2v) is 10.8. The number of phenolic OH excluding ortho intramolecular Hbond substituents is 1. The van der Waals surface area contributed by atoms with E-state index >= 15 is 0 Å². The molecule has 39 heavy (non-hydrogen) atoms. The van der Waals surface area contributed by atoms with Gasteiger partial charge < -0.3 is 41.5 Å². The number of nitrogens with two attached hydrogens (primary N) is 1. The van der Waals surface area contributed by atoms with Crippen molar-refractivity contribution in [3.8, 4) is 5.75 Å². The van der Waals surface area contributed by atoms with Gasteiger partial charge in [0.05, 0.1) is 30.2 Å². The van der Waals surface area contributed by atoms with E-state index in [1.807, 2.05) is 0 Å². The van der Waals surface area contributed by atoms with Gasteiger partial charge in [-0.05, 0) is 51.8 Å². The minimum atomic E-state index is -2.99. The Morgan fingerprint density at radius 1 is 1.10 bits per heavy atom. The fourth-order valence-electron chi connectivity index (χ4n) is 6.28. The number of amides is 2. The van der Waals surface area contributed by atoms with Crippen LogP contribution in [0.5, 0.6) is 5.75 Å². The van der Waals surface area contributed by atoms with Gasteiger partial charge in [0.1, 0.15) is 22.8 Å². The van der Waals surface area contributed by atoms with E-state index in [1.165, 1.54) is 31.1 Å². The van der Waals surface area contributed by atoms with Crippen molar-refractivity contribution in [3.63, 3.8) is 0 Å². The molecular formula is C26H32N4O9. The fraction of sp³-hybridized carbons (Fsp3) is 0.462. The van der Waals surface area contributed by atoms with E-state index in [-0.39, 0.29) is 23.4 Å². The summed E-state index contributed by atoms with van der Waals surface area (Å²) < 4.78 is 0. The van der Waals surface area contributed by atoms with Crippen LogP contribution in [0.25, 0.3) is 5.76 Å². The number of primary amides is 1. The number of anilines is 1. The van der Waals surface area contributed by atoms with Crippen molar-refractivity contribution in [3.05, 3.63) is 40.2 Å². The topological polar surface area (TPSA) is 214 Å². The molecule has 1 fully saturated rings. The molecule has 6 atom stereocenters. The van der Waals surface area contributed by atoms with Gasteiger partial charge in [-0.25, -0.2) is 0 Å². The molecule has 0 unspecified atom stereocenters. The zero-order valence-electron chi connectivity index (χ0n) is 22.1. The quantitative estimate of drug-likeness (QED) is 0.176. The molecule has 2 amide bonds. The Bertz CT molecular complexity index is 1370. The highest BCUT2D eigenvalue weighted by molar-refractivity contribution is 6.24. The van der Waals surface area contributed by atoms with Gasteiger partial charge in [-0.15, -0.1) is 0 Å². The summed E-state index contributed by atoms with van der Waals surface area (Å²) in [6.45, 7) is 1.62. The van der Waals surface area contributed by atoms with Crippen LogP contribution in [-0.2, 0) is 19.2 Å². The van der Waals surface area contributed by atoms with Crippen molar-refractivity contribution in [1.82, 2.24) is 9.80 Å². The normalized spacial score (nSPS) is 30.3. The highest BCUT2D eigenvalue weighted by Gasteiger charge is 2.68. The Morgan fingerprint density at radius 2 is 1.72 bits per heavy atom. The van der Waals surface area contributed by atoms with Crippen LogP contribution in [0.4, 0.5) is 5.69 Å². The van der Waals surface area contributed by atoms with Gasteiger partial charge in [0.15, 0.2) is 11.4 Å². The predicted octanol–water partition coefficient (Wildman–Crippen LogP) is -1.00. The number of hydrogen-bond acceptors (Lipinski definition) is 11. The van der Waals surface area contributed by atoms with Crippen LogP contribution in [0.2, 0.25) is 0 Å². The lowest BCUT2D eigenvalue weighted by Gasteiger charge is -2.53. The van der Waals surface area contributed by atoms with Gasteiger partial charge in [-0.3, -0.25) is 24.1 Å². The molecule has 3 aliphatic carbocycles. The average molecular weight is 545 g/mol. The van der Waals surface area contributed by atoms with Crippen LogP contribution < -0.4 is 11.1 Å². The van der Waals surface area contributed by atoms with Gasteiger partial charge in [0.25, 0.3) is 5.91 Å². The van der Waals surface area contributed by atoms with Crippen molar-refractivity contribution >= 4 is 34.8 Å². The number of hydrogen-bond donors (Lipinski definition) is 7. The van der Waals surface area contributed by atoms with Crippen LogP contribution in [0.3, 0.4) is 0 Å². The summed E-state index contributed by atoms with van der Waals surface area (Å²) in [5.41, 5.74) is 1.08. The van der Waals surface area contributed by atoms with Crippen molar-refractivity contribution < 1.29 is 44.7 Å². The molecule has 0 aliphatic heterocycles. The van der Waals surface area contributed by atoms with Crippen LogP contribution in [0.15, 0.2) is 29.0 Å². The number of phenols is 1. The van der Waals surface area contributed by atoms with E-state index in [0.29, 0.717) is 0 Å². The molecule has 13 nitrogen and oxygen atoms in total. The largest absolute Gasteiger partial charge is 0.508 e. The highest BCUT2D eigenvalue weighted by atomic mass is 16.4. The fourth-order valence-corrected chi connectivity index (χ4v) is 6.28. The van der Waals surface area contributed by atoms with E-state index < -0.39 is 87.3 Å². The van der Waals surface area contributed by atoms with Gasteiger partial charge in [0.2, 0.25) is 11.7 Å². The van der Waals surface area contributed by atoms with E-state index in [1.54, 1.807) is 25.9 Å². The number of carbonyl (C=O) groups is 4. The Labute approximate surface area is 223 Å². The maximum atomic E-state index is 14.0. The monoisotopic (exact) mass is 544 g/mol. The molecule has 13 heteroatoms. The van der Waals surface area contributed by atoms with Crippen LogP contribution >= 0.6 is 0 Å². The molecule has 1 aromatic rings. The maximum Gasteiger partial charge on any atom is 0.255 e. The summed E-state index contributed by atoms with van der Waals surface area (Å²) in [5.74, 6) is -10.3. The predicted molar refractivity (Wildman–Crippen MR) is 138 cm³/mol. The molecule has 8 N–H and O–H groups in total. The number of rotatable bonds is 5. The molecule has 0 spiro atoms. The number of nitrogens with zero attached hydrogens (tertiary/aromatic N) is 2. The molecule has 0 heterocycles. The first kappa shape index (κ1) is 28.2. The van der Waals surface area contributed by atoms with E-state index in [2.05, 4.69) is 5.32 Å². The van der Waals surface area contributed by atoms with E-state index in [0.717, 1.165) is 0 Å². The van der Waals surface area contributed by atoms with E-state index in [4.69, 9.17) is 5.73 Å². The number of likely N-dealkylation sites (N-methyl/N-ethyl adjacent to an activating group) is 2. The lowest BCUT2D eigenvalue weighted by molar-refractivity contribution is -0.169. The second-order valence-electron chi connectivity index (χ2n) is 10.8. The third-order valence-electron chi connectivity index (χ3n) is 7.84. The Morgan fingerprint density at radius 3 is 2.26 bits per heavy atom. The molecule has 0 aromatic heterocycles. The van der Waals surface area contributed by atoms with Gasteiger partial charge in [-0.2, -0.15) is 0 Å². The third-order valence-corrected chi connectivity index (χ3v) is 7.84. The van der Waals surface area contributed by atoms with Gasteiger partial charge in [0, 0.05) is 17.2 Å². The summed E-state index contributed by atoms with van der Waals surface area (Å²) >= 11 is 0. The number of benzene rings is 1. The molecular weight excluding hydrogens is 512 g/mol. The second kappa shape index (κ2) is 9.45. The maximum absolute atomic E-state index is 14.0. The molecule has 210 valence electrons. The van der Waals surface area contributed by atoms with Crippen LogP contribution in [-0.4, -0.2) is 111 Å². The molecule has 0 bridgehead atoms. The Hall–Kier alpha value is -3.78. The number of aromatic hydroxyl groups is 1. The lowest BCUT2D eigenvalue weighted by Crippen LogP contribution is -2.70. The smallest absolute Gasteiger partial charge is 0.255 e. The molecule has 1 aromatic carbocycles. The number of carbonyl (C=O) groups excluding carboxylic acids is 4. The van der Waals surface area contributed by atoms with Crippen molar-refractivity contribution in [2.24, 2.45) is 17.6 Å². The molecule has 0 saturated heterocycles. The zero-order chi connectivity index (χ0) is 29.3. The third kappa shape index (κ3) is 3.92. The number of aliphatic hydroxyl groups is 4. The first-order valence-corrected chi connectivity index (χ1v) is 12.2. The van der Waals surface area contributed by atoms with Crippen LogP contribution in [0, 0.1) is 11.8 Å². The summed E-state index contributed by atoms with van der Waals surface area (Å²) in [6.07, 6.45) is -1.73. The summed E-state index contributed by atoms with van der Waals surface area (Å²) in [5, 5.41) is 59.0. The number of nitrogens with one attached hydrogen (secondary N) is 1. The summed E-state index contributed by atoms with van der Waals surface area (Å²) in [6, 6.07) is 1.18. The van der Waals surface area contributed by atoms with Gasteiger partial charge in [-0.1, -0.05) is 6.92 Å². The summed E-state index contributed by atoms with van der Waals surface area (Å²) in [4.78, 5) is 54.8. The number of aliphatic hydroxyl groups excluding tert-OH is 3. The van der Waals surface area contributed by atoms with Gasteiger partial charge >= 0.3 is 0 Å². The Kier molecular flexibility index (Phi) is 6.84. The van der Waals surface area contributed by atoms with Crippen LogP contribution in [0.1, 0.15) is 24.0 Å². The molecule has 3 aliphatic rings. The number of Topliss-reactive ketones (excluding diaryl/α,β-unsaturated/α-hetero) is 2. The number of ketones is 2. The van der Waals surface area contributed by atoms with Crippen molar-refractivity contribution in [1.29, 1.82) is 0 Å². The molecule has 1 saturated carbocycles. The standard InChI is InChI=1S/C26H32N4O9/c1-9-13-10(28-12(32)8-29(2)3)6-7-11(31)15(13)20(33)16-14(9)21(34)18-19(30(4)5)22(35)17(25(27)38)24(37)26(18,39)23(16)36/h6-7,9,14,18-19,21,31,33-34,37,39H,8H2,1-5H3,(H2,27,38)(H,28,32)/t9-,14-,18-,19+,21-,26-/m1/s1.